The molecule has 0 heteroatoms. The van der Waals surface area contributed by atoms with Crippen LogP contribution in [0, 0.1) is 23.7 Å². The SMILES string of the molecule is CCCCCC(CC)C(C)CCC(C)CCCCC(C)CC. The first-order valence-electron chi connectivity index (χ1n) is 10.5. The molecule has 0 bridgehead atoms. The van der Waals surface area contributed by atoms with Crippen LogP contribution in [-0.2, 0) is 0 Å². The maximum Gasteiger partial charge on any atom is -0.0391 e. The van der Waals surface area contributed by atoms with Gasteiger partial charge in [-0.1, -0.05) is 119 Å². The van der Waals surface area contributed by atoms with E-state index in [1.807, 2.05) is 0 Å². The van der Waals surface area contributed by atoms with Crippen LogP contribution in [0.1, 0.15) is 119 Å². The molecule has 0 nitrogen and oxygen atoms in total. The van der Waals surface area contributed by atoms with Gasteiger partial charge in [-0.15, -0.1) is 0 Å². The van der Waals surface area contributed by atoms with Crippen LogP contribution in [0.15, 0.2) is 0 Å². The molecule has 4 atom stereocenters. The second kappa shape index (κ2) is 14.6. The molecule has 0 N–H and O–H groups in total. The largest absolute Gasteiger partial charge is 0.0654 e. The molecule has 0 aliphatic carbocycles. The minimum Gasteiger partial charge on any atom is -0.0654 e. The highest BCUT2D eigenvalue weighted by Crippen LogP contribution is 2.28. The van der Waals surface area contributed by atoms with Gasteiger partial charge in [0.25, 0.3) is 0 Å². The van der Waals surface area contributed by atoms with Crippen molar-refractivity contribution in [3.8, 4) is 0 Å². The highest BCUT2D eigenvalue weighted by atomic mass is 14.2. The quantitative estimate of drug-likeness (QED) is 0.267. The Hall–Kier alpha value is 0. The summed E-state index contributed by atoms with van der Waals surface area (Å²) >= 11 is 0. The molecule has 0 rings (SSSR count). The number of hydrogen-bond donors (Lipinski definition) is 0. The van der Waals surface area contributed by atoms with Crippen molar-refractivity contribution in [2.24, 2.45) is 23.7 Å². The molecule has 0 aliphatic heterocycles. The number of unbranched alkanes of at least 4 members (excludes halogenated alkanes) is 3. The van der Waals surface area contributed by atoms with E-state index in [1.165, 1.54) is 77.0 Å². The van der Waals surface area contributed by atoms with Gasteiger partial charge in [0.1, 0.15) is 0 Å². The fourth-order valence-corrected chi connectivity index (χ4v) is 3.66. The van der Waals surface area contributed by atoms with Gasteiger partial charge in [0.15, 0.2) is 0 Å². The van der Waals surface area contributed by atoms with E-state index in [0.717, 1.165) is 23.7 Å². The molecular formula is C22H46. The Morgan fingerprint density at radius 3 is 1.68 bits per heavy atom. The molecular weight excluding hydrogens is 264 g/mol. The smallest absolute Gasteiger partial charge is 0.0391 e. The third kappa shape index (κ3) is 11.6. The normalized spacial score (nSPS) is 17.2. The first kappa shape index (κ1) is 22.0. The lowest BCUT2D eigenvalue weighted by atomic mass is 9.82. The fraction of sp³-hybridized carbons (Fsp3) is 1.00. The summed E-state index contributed by atoms with van der Waals surface area (Å²) < 4.78 is 0. The topological polar surface area (TPSA) is 0 Å². The van der Waals surface area contributed by atoms with Crippen molar-refractivity contribution >= 4 is 0 Å². The summed E-state index contributed by atoms with van der Waals surface area (Å²) in [7, 11) is 0. The molecule has 134 valence electrons. The van der Waals surface area contributed by atoms with Gasteiger partial charge in [0.2, 0.25) is 0 Å². The van der Waals surface area contributed by atoms with E-state index in [-0.39, 0.29) is 0 Å². The number of rotatable bonds is 15. The zero-order chi connectivity index (χ0) is 16.8. The van der Waals surface area contributed by atoms with Crippen molar-refractivity contribution in [3.05, 3.63) is 0 Å². The Kier molecular flexibility index (Phi) is 14.6. The monoisotopic (exact) mass is 310 g/mol. The van der Waals surface area contributed by atoms with Gasteiger partial charge in [-0.05, 0) is 23.7 Å². The Bertz CT molecular complexity index is 220. The van der Waals surface area contributed by atoms with Crippen LogP contribution in [0.5, 0.6) is 0 Å². The van der Waals surface area contributed by atoms with Gasteiger partial charge < -0.3 is 0 Å². The standard InChI is InChI=1S/C22H46/c1-7-10-11-16-22(9-3)21(6)18-17-20(5)15-13-12-14-19(4)8-2/h19-22H,7-18H2,1-6H3. The molecule has 0 radical (unpaired) electrons. The average molecular weight is 311 g/mol. The molecule has 0 aromatic heterocycles. The third-order valence-electron chi connectivity index (χ3n) is 5.96. The molecule has 0 aliphatic rings. The molecule has 0 amide bonds. The first-order chi connectivity index (χ1) is 10.5. The van der Waals surface area contributed by atoms with Gasteiger partial charge in [0.05, 0.1) is 0 Å². The van der Waals surface area contributed by atoms with Crippen LogP contribution in [0.4, 0.5) is 0 Å². The lowest BCUT2D eigenvalue weighted by Crippen LogP contribution is -2.12. The van der Waals surface area contributed by atoms with E-state index in [4.69, 9.17) is 0 Å². The van der Waals surface area contributed by atoms with Crippen molar-refractivity contribution in [1.29, 1.82) is 0 Å². The zero-order valence-electron chi connectivity index (χ0n) is 16.8. The Labute approximate surface area is 142 Å². The molecule has 0 aromatic rings. The summed E-state index contributed by atoms with van der Waals surface area (Å²) in [5.74, 6) is 3.78. The predicted molar refractivity (Wildman–Crippen MR) is 103 cm³/mol. The van der Waals surface area contributed by atoms with E-state index in [2.05, 4.69) is 41.5 Å². The van der Waals surface area contributed by atoms with Gasteiger partial charge in [-0.3, -0.25) is 0 Å². The molecule has 4 unspecified atom stereocenters. The number of hydrogen-bond acceptors (Lipinski definition) is 0. The molecule has 0 heterocycles. The predicted octanol–water partition coefficient (Wildman–Crippen LogP) is 8.25. The van der Waals surface area contributed by atoms with Crippen LogP contribution in [0.2, 0.25) is 0 Å². The van der Waals surface area contributed by atoms with E-state index in [9.17, 15) is 0 Å². The third-order valence-corrected chi connectivity index (χ3v) is 5.96. The summed E-state index contributed by atoms with van der Waals surface area (Å²) in [4.78, 5) is 0. The molecule has 0 saturated heterocycles. The van der Waals surface area contributed by atoms with Crippen LogP contribution in [0.3, 0.4) is 0 Å². The van der Waals surface area contributed by atoms with E-state index >= 15 is 0 Å². The maximum atomic E-state index is 2.51. The molecule has 0 saturated carbocycles. The summed E-state index contributed by atoms with van der Waals surface area (Å²) in [5, 5.41) is 0. The lowest BCUT2D eigenvalue weighted by Gasteiger charge is -2.24. The molecule has 0 spiro atoms. The zero-order valence-corrected chi connectivity index (χ0v) is 16.8. The van der Waals surface area contributed by atoms with Crippen molar-refractivity contribution in [3.63, 3.8) is 0 Å². The van der Waals surface area contributed by atoms with Crippen LogP contribution in [0.25, 0.3) is 0 Å². The van der Waals surface area contributed by atoms with Crippen LogP contribution in [-0.4, -0.2) is 0 Å². The Morgan fingerprint density at radius 1 is 0.545 bits per heavy atom. The van der Waals surface area contributed by atoms with Crippen molar-refractivity contribution < 1.29 is 0 Å². The summed E-state index contributed by atoms with van der Waals surface area (Å²) in [6.45, 7) is 14.4. The second-order valence-corrected chi connectivity index (χ2v) is 8.12. The van der Waals surface area contributed by atoms with Crippen LogP contribution >= 0.6 is 0 Å². The first-order valence-corrected chi connectivity index (χ1v) is 10.5. The summed E-state index contributed by atoms with van der Waals surface area (Å²) in [6, 6.07) is 0. The molecule has 22 heavy (non-hydrogen) atoms. The highest BCUT2D eigenvalue weighted by molar-refractivity contribution is 4.67. The maximum absolute atomic E-state index is 2.51. The minimum absolute atomic E-state index is 0.934. The van der Waals surface area contributed by atoms with Crippen molar-refractivity contribution in [1.82, 2.24) is 0 Å². The van der Waals surface area contributed by atoms with Gasteiger partial charge in [-0.25, -0.2) is 0 Å². The van der Waals surface area contributed by atoms with Gasteiger partial charge in [-0.2, -0.15) is 0 Å². The lowest BCUT2D eigenvalue weighted by molar-refractivity contribution is 0.276. The van der Waals surface area contributed by atoms with Crippen molar-refractivity contribution in [2.45, 2.75) is 119 Å². The van der Waals surface area contributed by atoms with Gasteiger partial charge in [0, 0.05) is 0 Å². The van der Waals surface area contributed by atoms with E-state index in [0.29, 0.717) is 0 Å². The molecule has 0 aromatic carbocycles. The van der Waals surface area contributed by atoms with Crippen LogP contribution < -0.4 is 0 Å². The molecule has 0 fully saturated rings. The summed E-state index contributed by atoms with van der Waals surface area (Å²) in [5.41, 5.74) is 0. The fourth-order valence-electron chi connectivity index (χ4n) is 3.66. The Balaban J connectivity index is 3.75. The Morgan fingerprint density at radius 2 is 1.14 bits per heavy atom. The van der Waals surface area contributed by atoms with E-state index < -0.39 is 0 Å². The average Bonchev–Trinajstić information content (AvgIpc) is 2.53. The second-order valence-electron chi connectivity index (χ2n) is 8.12. The van der Waals surface area contributed by atoms with E-state index in [1.54, 1.807) is 0 Å². The summed E-state index contributed by atoms with van der Waals surface area (Å²) in [6.07, 6.45) is 17.1. The van der Waals surface area contributed by atoms with Crippen molar-refractivity contribution in [2.75, 3.05) is 0 Å². The minimum atomic E-state index is 0.934. The van der Waals surface area contributed by atoms with Gasteiger partial charge >= 0.3 is 0 Å². The highest BCUT2D eigenvalue weighted by Gasteiger charge is 2.16.